The maximum Gasteiger partial charge on any atom is 0.255 e. The Labute approximate surface area is 93.6 Å². The highest BCUT2D eigenvalue weighted by Crippen LogP contribution is 2.13. The summed E-state index contributed by atoms with van der Waals surface area (Å²) in [5, 5.41) is 2.96. The molecule has 1 aromatic carbocycles. The molecule has 0 radical (unpaired) electrons. The van der Waals surface area contributed by atoms with Gasteiger partial charge in [0, 0.05) is 18.8 Å². The van der Waals surface area contributed by atoms with Crippen molar-refractivity contribution in [3.63, 3.8) is 0 Å². The van der Waals surface area contributed by atoms with E-state index >= 15 is 0 Å². The summed E-state index contributed by atoms with van der Waals surface area (Å²) in [7, 11) is 1.48. The van der Waals surface area contributed by atoms with E-state index in [4.69, 9.17) is 0 Å². The van der Waals surface area contributed by atoms with Gasteiger partial charge in [-0.25, -0.2) is 0 Å². The van der Waals surface area contributed by atoms with E-state index in [2.05, 4.69) is 5.32 Å². The molecule has 0 bridgehead atoms. The number of hydrogen-bond donors (Lipinski definition) is 1. The van der Waals surface area contributed by atoms with Crippen LogP contribution in [0.4, 0.5) is 0 Å². The summed E-state index contributed by atoms with van der Waals surface area (Å²) in [5.74, 6) is -0.527. The van der Waals surface area contributed by atoms with Gasteiger partial charge in [0.2, 0.25) is 5.91 Å². The lowest BCUT2D eigenvalue weighted by Crippen LogP contribution is -2.34. The highest BCUT2D eigenvalue weighted by Gasteiger charge is 2.19. The van der Waals surface area contributed by atoms with E-state index in [1.165, 1.54) is 13.1 Å². The number of amides is 2. The minimum Gasteiger partial charge on any atom is -0.375 e. The average Bonchev–Trinajstić information content (AvgIpc) is 2.44. The molecule has 4 nitrogen and oxygen atoms in total. The first-order valence-electron chi connectivity index (χ1n) is 5.00. The van der Waals surface area contributed by atoms with Gasteiger partial charge in [-0.2, -0.15) is 0 Å². The molecule has 1 aliphatic rings. The number of carbonyl (C=O) groups is 2. The van der Waals surface area contributed by atoms with Crippen molar-refractivity contribution >= 4 is 17.5 Å². The Kier molecular flexibility index (Phi) is 2.72. The van der Waals surface area contributed by atoms with E-state index in [0.717, 1.165) is 10.5 Å². The molecule has 0 aliphatic carbocycles. The first kappa shape index (κ1) is 10.4. The molecule has 0 unspecified atom stereocenters. The van der Waals surface area contributed by atoms with E-state index in [-0.39, 0.29) is 18.4 Å². The van der Waals surface area contributed by atoms with Crippen LogP contribution in [0.3, 0.4) is 0 Å². The maximum atomic E-state index is 11.6. The van der Waals surface area contributed by atoms with Crippen molar-refractivity contribution in [3.05, 3.63) is 42.0 Å². The molecule has 1 heterocycles. The van der Waals surface area contributed by atoms with E-state index in [0.29, 0.717) is 5.70 Å². The van der Waals surface area contributed by atoms with Crippen LogP contribution in [0.1, 0.15) is 5.56 Å². The van der Waals surface area contributed by atoms with Crippen molar-refractivity contribution in [2.45, 2.75) is 0 Å². The lowest BCUT2D eigenvalue weighted by molar-refractivity contribution is -0.139. The van der Waals surface area contributed by atoms with Crippen molar-refractivity contribution in [1.82, 2.24) is 10.2 Å². The monoisotopic (exact) mass is 216 g/mol. The Morgan fingerprint density at radius 3 is 2.56 bits per heavy atom. The number of nitrogens with zero attached hydrogens (tertiary/aromatic N) is 1. The molecule has 82 valence electrons. The molecule has 0 spiro atoms. The lowest BCUT2D eigenvalue weighted by Gasteiger charge is -2.09. The number of carbonyl (C=O) groups excluding carboxylic acids is 2. The van der Waals surface area contributed by atoms with E-state index in [9.17, 15) is 9.59 Å². The lowest BCUT2D eigenvalue weighted by atomic mass is 10.1. The van der Waals surface area contributed by atoms with Crippen LogP contribution in [0, 0.1) is 0 Å². The summed E-state index contributed by atoms with van der Waals surface area (Å²) < 4.78 is 0. The molecule has 2 rings (SSSR count). The summed E-state index contributed by atoms with van der Waals surface area (Å²) in [5.41, 5.74) is 1.59. The second-order valence-corrected chi connectivity index (χ2v) is 3.57. The zero-order valence-electron chi connectivity index (χ0n) is 8.93. The fourth-order valence-electron chi connectivity index (χ4n) is 1.49. The van der Waals surface area contributed by atoms with Crippen LogP contribution in [0.2, 0.25) is 0 Å². The first-order valence-corrected chi connectivity index (χ1v) is 5.00. The zero-order valence-corrected chi connectivity index (χ0v) is 8.93. The third-order valence-corrected chi connectivity index (χ3v) is 2.49. The zero-order chi connectivity index (χ0) is 11.5. The number of hydrogen-bond acceptors (Lipinski definition) is 3. The van der Waals surface area contributed by atoms with Gasteiger partial charge in [0.15, 0.2) is 0 Å². The van der Waals surface area contributed by atoms with Crippen LogP contribution < -0.4 is 5.32 Å². The molecule has 4 heteroatoms. The molecule has 1 N–H and O–H groups in total. The van der Waals surface area contributed by atoms with E-state index in [1.54, 1.807) is 0 Å². The smallest absolute Gasteiger partial charge is 0.255 e. The Hall–Kier alpha value is -2.10. The van der Waals surface area contributed by atoms with Gasteiger partial charge in [-0.3, -0.25) is 14.5 Å². The summed E-state index contributed by atoms with van der Waals surface area (Å²) >= 11 is 0. The second kappa shape index (κ2) is 4.18. The summed E-state index contributed by atoms with van der Waals surface area (Å²) in [4.78, 5) is 24.1. The molecule has 0 aromatic heterocycles. The van der Waals surface area contributed by atoms with Crippen LogP contribution >= 0.6 is 0 Å². The number of nitrogens with one attached hydrogen (secondary N) is 1. The topological polar surface area (TPSA) is 49.4 Å². The number of benzene rings is 1. The molecule has 0 saturated heterocycles. The molecule has 16 heavy (non-hydrogen) atoms. The highest BCUT2D eigenvalue weighted by molar-refractivity contribution is 6.06. The van der Waals surface area contributed by atoms with E-state index < -0.39 is 0 Å². The molecular formula is C12H12N2O2. The second-order valence-electron chi connectivity index (χ2n) is 3.57. The van der Waals surface area contributed by atoms with Gasteiger partial charge in [-0.15, -0.1) is 0 Å². The molecule has 2 amide bonds. The Morgan fingerprint density at radius 1 is 1.19 bits per heavy atom. The minimum atomic E-state index is -0.297. The van der Waals surface area contributed by atoms with Crippen molar-refractivity contribution < 1.29 is 9.59 Å². The van der Waals surface area contributed by atoms with Crippen LogP contribution in [-0.2, 0) is 9.59 Å². The van der Waals surface area contributed by atoms with Crippen LogP contribution in [0.15, 0.2) is 36.4 Å². The predicted molar refractivity (Wildman–Crippen MR) is 60.2 cm³/mol. The number of likely N-dealkylation sites (N-methyl/N-ethyl adjacent to an activating group) is 1. The standard InChI is InChI=1S/C12H12N2O2/c1-14-11(15)7-10(13-8-12(14)16)9-5-3-2-4-6-9/h2-7,13H,8H2,1H3. The Bertz CT molecular complexity index is 451. The van der Waals surface area contributed by atoms with E-state index in [1.807, 2.05) is 30.3 Å². The Balaban J connectivity index is 2.33. The third kappa shape index (κ3) is 1.95. The van der Waals surface area contributed by atoms with Crippen molar-refractivity contribution in [3.8, 4) is 0 Å². The van der Waals surface area contributed by atoms with Gasteiger partial charge in [0.1, 0.15) is 0 Å². The van der Waals surface area contributed by atoms with Crippen molar-refractivity contribution in [2.75, 3.05) is 13.6 Å². The molecule has 0 saturated carbocycles. The Morgan fingerprint density at radius 2 is 1.88 bits per heavy atom. The SMILES string of the molecule is CN1C(=O)C=C(c2ccccc2)NCC1=O. The summed E-state index contributed by atoms with van der Waals surface area (Å²) in [6, 6.07) is 9.46. The fraction of sp³-hybridized carbons (Fsp3) is 0.167. The largest absolute Gasteiger partial charge is 0.375 e. The van der Waals surface area contributed by atoms with Crippen LogP contribution in [-0.4, -0.2) is 30.3 Å². The van der Waals surface area contributed by atoms with Crippen LogP contribution in [0.25, 0.3) is 5.70 Å². The van der Waals surface area contributed by atoms with Gasteiger partial charge < -0.3 is 5.32 Å². The molecular weight excluding hydrogens is 204 g/mol. The minimum absolute atomic E-state index is 0.142. The normalized spacial score (nSPS) is 16.6. The van der Waals surface area contributed by atoms with Gasteiger partial charge in [0.05, 0.1) is 6.54 Å². The third-order valence-electron chi connectivity index (χ3n) is 2.49. The van der Waals surface area contributed by atoms with Gasteiger partial charge >= 0.3 is 0 Å². The molecule has 0 fully saturated rings. The maximum absolute atomic E-state index is 11.6. The molecule has 0 atom stereocenters. The number of imide groups is 1. The van der Waals surface area contributed by atoms with Crippen LogP contribution in [0.5, 0.6) is 0 Å². The summed E-state index contributed by atoms with van der Waals surface area (Å²) in [6.45, 7) is 0.142. The first-order chi connectivity index (χ1) is 7.68. The molecule has 1 aromatic rings. The number of rotatable bonds is 1. The van der Waals surface area contributed by atoms with Crippen molar-refractivity contribution in [2.24, 2.45) is 0 Å². The quantitative estimate of drug-likeness (QED) is 0.700. The fourth-order valence-corrected chi connectivity index (χ4v) is 1.49. The predicted octanol–water partition coefficient (Wildman–Crippen LogP) is 0.616. The molecule has 1 aliphatic heterocycles. The van der Waals surface area contributed by atoms with Gasteiger partial charge in [-0.05, 0) is 5.56 Å². The summed E-state index contributed by atoms with van der Waals surface area (Å²) in [6.07, 6.45) is 1.44. The highest BCUT2D eigenvalue weighted by atomic mass is 16.2. The van der Waals surface area contributed by atoms with Gasteiger partial charge in [-0.1, -0.05) is 30.3 Å². The average molecular weight is 216 g/mol. The van der Waals surface area contributed by atoms with Gasteiger partial charge in [0.25, 0.3) is 5.91 Å². The van der Waals surface area contributed by atoms with Crippen molar-refractivity contribution in [1.29, 1.82) is 0 Å².